The highest BCUT2D eigenvalue weighted by molar-refractivity contribution is 6.13. The summed E-state index contributed by atoms with van der Waals surface area (Å²) in [6.45, 7) is 4.18. The summed E-state index contributed by atoms with van der Waals surface area (Å²) < 4.78 is 5.27. The average molecular weight is 346 g/mol. The molecule has 0 aromatic heterocycles. The molecule has 2 heterocycles. The Balaban J connectivity index is 1.92. The molecule has 1 aromatic rings. The third-order valence-corrected chi connectivity index (χ3v) is 4.14. The van der Waals surface area contributed by atoms with E-state index in [-0.39, 0.29) is 17.9 Å². The summed E-state index contributed by atoms with van der Waals surface area (Å²) >= 11 is 0. The van der Waals surface area contributed by atoms with Crippen molar-refractivity contribution in [3.8, 4) is 0 Å². The van der Waals surface area contributed by atoms with E-state index >= 15 is 0 Å². The molecule has 0 saturated carbocycles. The number of imide groups is 1. The number of amides is 3. The van der Waals surface area contributed by atoms with Gasteiger partial charge >= 0.3 is 6.03 Å². The number of nitrogens with one attached hydrogen (secondary N) is 1. The monoisotopic (exact) mass is 346 g/mol. The van der Waals surface area contributed by atoms with Crippen LogP contribution in [0.3, 0.4) is 0 Å². The van der Waals surface area contributed by atoms with Crippen LogP contribution in [0.1, 0.15) is 12.5 Å². The molecule has 3 rings (SSSR count). The molecule has 0 spiro atoms. The van der Waals surface area contributed by atoms with Gasteiger partial charge in [-0.05, 0) is 24.6 Å². The molecule has 0 aliphatic carbocycles. The van der Waals surface area contributed by atoms with Crippen LogP contribution in [-0.4, -0.2) is 54.6 Å². The van der Waals surface area contributed by atoms with Gasteiger partial charge in [-0.3, -0.25) is 19.8 Å². The first-order chi connectivity index (χ1) is 12.0. The number of rotatable bonds is 4. The Labute approximate surface area is 144 Å². The SMILES string of the molecule is CCN1C(=O)NC(=Cc2ccc(N3CCOCC3)c([N+](=O)[O-])c2)C1=O. The lowest BCUT2D eigenvalue weighted by atomic mass is 10.1. The van der Waals surface area contributed by atoms with Crippen molar-refractivity contribution in [2.75, 3.05) is 37.7 Å². The molecule has 0 unspecified atom stereocenters. The van der Waals surface area contributed by atoms with Crippen LogP contribution in [0.15, 0.2) is 23.9 Å². The van der Waals surface area contributed by atoms with Crippen LogP contribution in [0.5, 0.6) is 0 Å². The number of ether oxygens (including phenoxy) is 1. The number of nitrogens with zero attached hydrogens (tertiary/aromatic N) is 3. The van der Waals surface area contributed by atoms with Gasteiger partial charge in [0.25, 0.3) is 11.6 Å². The van der Waals surface area contributed by atoms with E-state index in [1.165, 1.54) is 12.1 Å². The van der Waals surface area contributed by atoms with E-state index in [0.29, 0.717) is 37.6 Å². The lowest BCUT2D eigenvalue weighted by molar-refractivity contribution is -0.384. The number of hydrogen-bond donors (Lipinski definition) is 1. The minimum Gasteiger partial charge on any atom is -0.378 e. The van der Waals surface area contributed by atoms with Gasteiger partial charge in [0.15, 0.2) is 0 Å². The summed E-state index contributed by atoms with van der Waals surface area (Å²) in [7, 11) is 0. The molecule has 132 valence electrons. The van der Waals surface area contributed by atoms with Gasteiger partial charge in [0.2, 0.25) is 0 Å². The summed E-state index contributed by atoms with van der Waals surface area (Å²) in [5.74, 6) is -0.438. The molecule has 0 radical (unpaired) electrons. The zero-order valence-electron chi connectivity index (χ0n) is 13.7. The van der Waals surface area contributed by atoms with Gasteiger partial charge in [-0.15, -0.1) is 0 Å². The Hall–Kier alpha value is -2.94. The number of nitro groups is 1. The fourth-order valence-electron chi connectivity index (χ4n) is 2.87. The van der Waals surface area contributed by atoms with Crippen molar-refractivity contribution in [3.63, 3.8) is 0 Å². The maximum absolute atomic E-state index is 12.1. The van der Waals surface area contributed by atoms with Crippen molar-refractivity contribution in [2.24, 2.45) is 0 Å². The number of urea groups is 1. The van der Waals surface area contributed by atoms with Crippen molar-refractivity contribution in [1.29, 1.82) is 0 Å². The number of anilines is 1. The lowest BCUT2D eigenvalue weighted by Crippen LogP contribution is -2.36. The zero-order valence-corrected chi connectivity index (χ0v) is 13.7. The van der Waals surface area contributed by atoms with E-state index in [0.717, 1.165) is 4.90 Å². The number of hydrogen-bond acceptors (Lipinski definition) is 6. The lowest BCUT2D eigenvalue weighted by Gasteiger charge is -2.28. The van der Waals surface area contributed by atoms with Crippen molar-refractivity contribution in [2.45, 2.75) is 6.92 Å². The minimum atomic E-state index is -0.488. The van der Waals surface area contributed by atoms with Crippen LogP contribution >= 0.6 is 0 Å². The molecule has 2 aliphatic heterocycles. The topological polar surface area (TPSA) is 105 Å². The Morgan fingerprint density at radius 1 is 1.32 bits per heavy atom. The smallest absolute Gasteiger partial charge is 0.328 e. The van der Waals surface area contributed by atoms with Crippen molar-refractivity contribution < 1.29 is 19.2 Å². The van der Waals surface area contributed by atoms with Gasteiger partial charge < -0.3 is 15.0 Å². The molecule has 25 heavy (non-hydrogen) atoms. The second-order valence-electron chi connectivity index (χ2n) is 5.64. The van der Waals surface area contributed by atoms with Gasteiger partial charge in [-0.25, -0.2) is 4.79 Å². The molecular weight excluding hydrogens is 328 g/mol. The van der Waals surface area contributed by atoms with Gasteiger partial charge in [0.1, 0.15) is 11.4 Å². The van der Waals surface area contributed by atoms with Gasteiger partial charge in [-0.2, -0.15) is 0 Å². The second-order valence-corrected chi connectivity index (χ2v) is 5.64. The molecule has 2 aliphatic rings. The van der Waals surface area contributed by atoms with E-state index in [4.69, 9.17) is 4.74 Å². The Morgan fingerprint density at radius 2 is 2.04 bits per heavy atom. The average Bonchev–Trinajstić information content (AvgIpc) is 2.88. The number of carbonyl (C=O) groups is 2. The Morgan fingerprint density at radius 3 is 2.64 bits per heavy atom. The van der Waals surface area contributed by atoms with Crippen LogP contribution in [0.25, 0.3) is 6.08 Å². The predicted molar refractivity (Wildman–Crippen MR) is 90.0 cm³/mol. The molecule has 3 amide bonds. The highest BCUT2D eigenvalue weighted by Gasteiger charge is 2.32. The molecule has 2 saturated heterocycles. The first-order valence-electron chi connectivity index (χ1n) is 7.97. The van der Waals surface area contributed by atoms with Gasteiger partial charge in [0.05, 0.1) is 18.1 Å². The van der Waals surface area contributed by atoms with Gasteiger partial charge in [0, 0.05) is 25.7 Å². The van der Waals surface area contributed by atoms with E-state index in [1.807, 2.05) is 4.90 Å². The summed E-state index contributed by atoms with van der Waals surface area (Å²) in [6.07, 6.45) is 1.45. The second kappa shape index (κ2) is 6.89. The summed E-state index contributed by atoms with van der Waals surface area (Å²) in [5, 5.41) is 13.9. The third kappa shape index (κ3) is 3.31. The van der Waals surface area contributed by atoms with E-state index in [2.05, 4.69) is 5.32 Å². The molecule has 1 aromatic carbocycles. The normalized spacial score (nSPS) is 19.5. The molecular formula is C16H18N4O5. The van der Waals surface area contributed by atoms with E-state index in [9.17, 15) is 19.7 Å². The Kier molecular flexibility index (Phi) is 4.66. The van der Waals surface area contributed by atoms with Crippen molar-refractivity contribution in [3.05, 3.63) is 39.6 Å². The molecule has 9 heteroatoms. The van der Waals surface area contributed by atoms with Gasteiger partial charge in [-0.1, -0.05) is 6.07 Å². The van der Waals surface area contributed by atoms with Crippen LogP contribution in [0.2, 0.25) is 0 Å². The van der Waals surface area contributed by atoms with Crippen LogP contribution in [-0.2, 0) is 9.53 Å². The third-order valence-electron chi connectivity index (χ3n) is 4.14. The van der Waals surface area contributed by atoms with E-state index in [1.54, 1.807) is 19.1 Å². The van der Waals surface area contributed by atoms with Crippen LogP contribution in [0.4, 0.5) is 16.2 Å². The molecule has 1 N–H and O–H groups in total. The van der Waals surface area contributed by atoms with E-state index < -0.39 is 16.9 Å². The minimum absolute atomic E-state index is 0.0413. The Bertz CT molecular complexity index is 755. The van der Waals surface area contributed by atoms with Crippen molar-refractivity contribution in [1.82, 2.24) is 10.2 Å². The van der Waals surface area contributed by atoms with Crippen LogP contribution in [0, 0.1) is 10.1 Å². The summed E-state index contributed by atoms with van der Waals surface area (Å²) in [4.78, 5) is 37.8. The molecule has 9 nitrogen and oxygen atoms in total. The number of carbonyl (C=O) groups excluding carboxylic acids is 2. The molecule has 2 fully saturated rings. The largest absolute Gasteiger partial charge is 0.378 e. The first kappa shape index (κ1) is 16.9. The fourth-order valence-corrected chi connectivity index (χ4v) is 2.87. The molecule has 0 atom stereocenters. The van der Waals surface area contributed by atoms with Crippen LogP contribution < -0.4 is 10.2 Å². The zero-order chi connectivity index (χ0) is 18.0. The maximum Gasteiger partial charge on any atom is 0.328 e. The maximum atomic E-state index is 12.1. The summed E-state index contributed by atoms with van der Waals surface area (Å²) in [6, 6.07) is 4.28. The van der Waals surface area contributed by atoms with Crippen molar-refractivity contribution >= 4 is 29.4 Å². The number of likely N-dealkylation sites (N-methyl/N-ethyl adjacent to an activating group) is 1. The number of nitro benzene ring substituents is 1. The quantitative estimate of drug-likeness (QED) is 0.382. The molecule has 0 bridgehead atoms. The fraction of sp³-hybridized carbons (Fsp3) is 0.375. The first-order valence-corrected chi connectivity index (χ1v) is 7.97. The standard InChI is InChI=1S/C16H18N4O5/c1-2-19-15(21)12(17-16(19)22)9-11-3-4-13(14(10-11)20(23)24)18-5-7-25-8-6-18/h3-4,9-10H,2,5-8H2,1H3,(H,17,22). The summed E-state index contributed by atoms with van der Waals surface area (Å²) in [5.41, 5.74) is 1.07. The highest BCUT2D eigenvalue weighted by atomic mass is 16.6. The number of benzene rings is 1. The number of morpholine rings is 1. The predicted octanol–water partition coefficient (Wildman–Crippen LogP) is 1.34. The highest BCUT2D eigenvalue weighted by Crippen LogP contribution is 2.30.